The lowest BCUT2D eigenvalue weighted by molar-refractivity contribution is -0.137. The molecule has 0 aromatic heterocycles. The van der Waals surface area contributed by atoms with Crippen LogP contribution in [0, 0.1) is 0 Å². The first-order chi connectivity index (χ1) is 12.6. The third-order valence-corrected chi connectivity index (χ3v) is 4.63. The Morgan fingerprint density at radius 1 is 0.731 bits per heavy atom. The number of unbranched alkanes of at least 4 members (excludes halogenated alkanes) is 11. The molecule has 0 fully saturated rings. The Morgan fingerprint density at radius 3 is 1.54 bits per heavy atom. The van der Waals surface area contributed by atoms with Crippen molar-refractivity contribution in [3.05, 3.63) is 0 Å². The highest BCUT2D eigenvalue weighted by atomic mass is 16.4. The van der Waals surface area contributed by atoms with Crippen molar-refractivity contribution < 1.29 is 15.0 Å². The summed E-state index contributed by atoms with van der Waals surface area (Å²) in [6.07, 6.45) is 18.6. The van der Waals surface area contributed by atoms with Crippen molar-refractivity contribution in [3.63, 3.8) is 0 Å². The van der Waals surface area contributed by atoms with Gasteiger partial charge in [0.05, 0.1) is 6.10 Å². The summed E-state index contributed by atoms with van der Waals surface area (Å²) in [6.45, 7) is 5.19. The van der Waals surface area contributed by atoms with E-state index in [4.69, 9.17) is 10.8 Å². The molecule has 0 radical (unpaired) electrons. The second kappa shape index (κ2) is 24.4. The Kier molecular flexibility index (Phi) is 25.9. The minimum absolute atomic E-state index is 0.0853. The van der Waals surface area contributed by atoms with Crippen LogP contribution in [-0.2, 0) is 4.79 Å². The number of hydrogen-bond donors (Lipinski definition) is 3. The van der Waals surface area contributed by atoms with E-state index < -0.39 is 5.97 Å². The van der Waals surface area contributed by atoms with Gasteiger partial charge in [-0.05, 0) is 32.2 Å². The van der Waals surface area contributed by atoms with Crippen LogP contribution in [0.15, 0.2) is 0 Å². The standard InChI is InChI=1S/C18H36O3.C4H11N/c1-2-3-4-11-14-17(19)15-12-9-7-5-6-8-10-13-16-18(20)21;1-2-3-4-5/h17,19H,2-16H2,1H3,(H,20,21);2-5H2,1H3. The first-order valence-corrected chi connectivity index (χ1v) is 11.2. The summed E-state index contributed by atoms with van der Waals surface area (Å²) >= 11 is 0. The molecule has 0 rings (SSSR count). The smallest absolute Gasteiger partial charge is 0.303 e. The number of carboxylic acid groups (broad SMARTS) is 1. The topological polar surface area (TPSA) is 83.5 Å². The zero-order valence-corrected chi connectivity index (χ0v) is 17.7. The van der Waals surface area contributed by atoms with Crippen molar-refractivity contribution in [3.8, 4) is 0 Å². The van der Waals surface area contributed by atoms with Gasteiger partial charge in [0.2, 0.25) is 0 Å². The Bertz CT molecular complexity index is 270. The molecule has 0 amide bonds. The maximum atomic E-state index is 10.3. The summed E-state index contributed by atoms with van der Waals surface area (Å²) in [6, 6.07) is 0. The highest BCUT2D eigenvalue weighted by Gasteiger charge is 2.03. The fourth-order valence-electron chi connectivity index (χ4n) is 2.87. The largest absolute Gasteiger partial charge is 0.481 e. The molecule has 0 aromatic rings. The van der Waals surface area contributed by atoms with E-state index in [1.807, 2.05) is 0 Å². The monoisotopic (exact) mass is 373 g/mol. The molecule has 1 unspecified atom stereocenters. The summed E-state index contributed by atoms with van der Waals surface area (Å²) < 4.78 is 0. The molecule has 4 nitrogen and oxygen atoms in total. The molecule has 0 aliphatic carbocycles. The van der Waals surface area contributed by atoms with Gasteiger partial charge in [0, 0.05) is 6.42 Å². The molecule has 0 heterocycles. The fourth-order valence-corrected chi connectivity index (χ4v) is 2.87. The van der Waals surface area contributed by atoms with Gasteiger partial charge in [-0.2, -0.15) is 0 Å². The predicted molar refractivity (Wildman–Crippen MR) is 113 cm³/mol. The van der Waals surface area contributed by atoms with Crippen LogP contribution in [-0.4, -0.2) is 28.8 Å². The molecule has 26 heavy (non-hydrogen) atoms. The molecule has 0 bridgehead atoms. The number of carboxylic acids is 1. The average molecular weight is 374 g/mol. The Hall–Kier alpha value is -0.610. The van der Waals surface area contributed by atoms with E-state index in [9.17, 15) is 9.90 Å². The van der Waals surface area contributed by atoms with E-state index in [1.54, 1.807) is 0 Å². The number of aliphatic hydroxyl groups excluding tert-OH is 1. The molecule has 0 aliphatic heterocycles. The van der Waals surface area contributed by atoms with Gasteiger partial charge in [-0.25, -0.2) is 0 Å². The summed E-state index contributed by atoms with van der Waals surface area (Å²) in [5, 5.41) is 18.4. The van der Waals surface area contributed by atoms with Gasteiger partial charge in [-0.3, -0.25) is 4.79 Å². The first kappa shape index (κ1) is 27.6. The van der Waals surface area contributed by atoms with E-state index in [1.165, 1.54) is 64.2 Å². The van der Waals surface area contributed by atoms with Crippen molar-refractivity contribution in [2.45, 2.75) is 129 Å². The van der Waals surface area contributed by atoms with E-state index in [-0.39, 0.29) is 6.10 Å². The molecule has 0 aromatic carbocycles. The van der Waals surface area contributed by atoms with Crippen molar-refractivity contribution in [1.82, 2.24) is 0 Å². The summed E-state index contributed by atoms with van der Waals surface area (Å²) in [7, 11) is 0. The van der Waals surface area contributed by atoms with Crippen LogP contribution >= 0.6 is 0 Å². The molecule has 1 atom stereocenters. The van der Waals surface area contributed by atoms with Crippen LogP contribution in [0.1, 0.15) is 123 Å². The molecule has 0 saturated heterocycles. The second-order valence-electron chi connectivity index (χ2n) is 7.41. The highest BCUT2D eigenvalue weighted by molar-refractivity contribution is 5.66. The number of hydrogen-bond acceptors (Lipinski definition) is 3. The van der Waals surface area contributed by atoms with Crippen molar-refractivity contribution in [1.29, 1.82) is 0 Å². The molecule has 0 aliphatic rings. The summed E-state index contributed by atoms with van der Waals surface area (Å²) in [5.41, 5.74) is 5.14. The highest BCUT2D eigenvalue weighted by Crippen LogP contribution is 2.14. The zero-order chi connectivity index (χ0) is 19.9. The van der Waals surface area contributed by atoms with Crippen LogP contribution in [0.25, 0.3) is 0 Å². The van der Waals surface area contributed by atoms with E-state index in [0.29, 0.717) is 6.42 Å². The molecular formula is C22H47NO3. The number of aliphatic carboxylic acids is 1. The van der Waals surface area contributed by atoms with E-state index in [2.05, 4.69) is 13.8 Å². The Balaban J connectivity index is 0. The first-order valence-electron chi connectivity index (χ1n) is 11.2. The van der Waals surface area contributed by atoms with Crippen LogP contribution in [0.5, 0.6) is 0 Å². The van der Waals surface area contributed by atoms with Gasteiger partial charge in [-0.1, -0.05) is 90.9 Å². The molecule has 158 valence electrons. The van der Waals surface area contributed by atoms with E-state index >= 15 is 0 Å². The Morgan fingerprint density at radius 2 is 1.15 bits per heavy atom. The SMILES string of the molecule is CCCCCCC(O)CCCCCCCCCCC(=O)O.CCCCN. The molecule has 0 spiro atoms. The van der Waals surface area contributed by atoms with Gasteiger partial charge < -0.3 is 15.9 Å². The maximum Gasteiger partial charge on any atom is 0.303 e. The zero-order valence-electron chi connectivity index (χ0n) is 17.7. The third kappa shape index (κ3) is 28.2. The number of rotatable bonds is 18. The number of carbonyl (C=O) groups is 1. The van der Waals surface area contributed by atoms with E-state index in [0.717, 1.165) is 45.1 Å². The van der Waals surface area contributed by atoms with Crippen LogP contribution in [0.3, 0.4) is 0 Å². The lowest BCUT2D eigenvalue weighted by atomic mass is 10.0. The summed E-state index contributed by atoms with van der Waals surface area (Å²) in [5.74, 6) is -0.678. The molecule has 0 saturated carbocycles. The maximum absolute atomic E-state index is 10.3. The fraction of sp³-hybridized carbons (Fsp3) is 0.955. The number of aliphatic hydroxyl groups is 1. The summed E-state index contributed by atoms with van der Waals surface area (Å²) in [4.78, 5) is 10.3. The lowest BCUT2D eigenvalue weighted by Gasteiger charge is -2.10. The second-order valence-corrected chi connectivity index (χ2v) is 7.41. The normalized spacial score (nSPS) is 11.7. The van der Waals surface area contributed by atoms with Crippen LogP contribution < -0.4 is 5.73 Å². The minimum Gasteiger partial charge on any atom is -0.481 e. The van der Waals surface area contributed by atoms with Crippen molar-refractivity contribution >= 4 is 5.97 Å². The molecule has 4 heteroatoms. The molecule has 4 N–H and O–H groups in total. The van der Waals surface area contributed by atoms with Gasteiger partial charge >= 0.3 is 5.97 Å². The van der Waals surface area contributed by atoms with Crippen LogP contribution in [0.2, 0.25) is 0 Å². The van der Waals surface area contributed by atoms with Gasteiger partial charge in [0.1, 0.15) is 0 Å². The van der Waals surface area contributed by atoms with Gasteiger partial charge in [0.15, 0.2) is 0 Å². The minimum atomic E-state index is -0.678. The van der Waals surface area contributed by atoms with Gasteiger partial charge in [-0.15, -0.1) is 0 Å². The predicted octanol–water partition coefficient (Wildman–Crippen LogP) is 6.05. The van der Waals surface area contributed by atoms with Gasteiger partial charge in [0.25, 0.3) is 0 Å². The van der Waals surface area contributed by atoms with Crippen LogP contribution in [0.4, 0.5) is 0 Å². The quantitative estimate of drug-likeness (QED) is 0.255. The van der Waals surface area contributed by atoms with Crippen molar-refractivity contribution in [2.24, 2.45) is 5.73 Å². The average Bonchev–Trinajstić information content (AvgIpc) is 2.61. The number of nitrogens with two attached hydrogens (primary N) is 1. The van der Waals surface area contributed by atoms with Crippen molar-refractivity contribution in [2.75, 3.05) is 6.54 Å². The third-order valence-electron chi connectivity index (χ3n) is 4.63. The lowest BCUT2D eigenvalue weighted by Crippen LogP contribution is -2.05. The molecular weight excluding hydrogens is 326 g/mol. The Labute approximate surface area is 162 Å².